The van der Waals surface area contributed by atoms with Crippen LogP contribution in [0.15, 0.2) is 54.7 Å². The fourth-order valence-electron chi connectivity index (χ4n) is 9.78. The van der Waals surface area contributed by atoms with Crippen molar-refractivity contribution in [2.45, 2.75) is 123 Å². The van der Waals surface area contributed by atoms with E-state index in [1.807, 2.05) is 38.2 Å². The monoisotopic (exact) mass is 874 g/mol. The quantitative estimate of drug-likeness (QED) is 0.117. The molecule has 0 saturated carbocycles. The van der Waals surface area contributed by atoms with E-state index in [4.69, 9.17) is 9.72 Å². The Morgan fingerprint density at radius 2 is 1.75 bits per heavy atom. The van der Waals surface area contributed by atoms with Gasteiger partial charge in [0.05, 0.1) is 24.0 Å². The first-order valence-corrected chi connectivity index (χ1v) is 22.9. The number of benzene rings is 2. The maximum atomic E-state index is 14.7. The SMILES string of the molecule is CCn1c(-c2cccnc2C(C)C)c2c3cc(ccc31)-c1cc(O)cc(c1)C[C@H](NC(=O)[C@H](C(C)C)N1CC[C@@H](NC(=O)[C@@H]3CN3)C1=O)C(=O)N1CCC[C@H](N1)C(=O)OCC(C)(C)C2. The van der Waals surface area contributed by atoms with Crippen LogP contribution >= 0.6 is 0 Å². The van der Waals surface area contributed by atoms with Crippen LogP contribution in [0.5, 0.6) is 5.75 Å². The van der Waals surface area contributed by atoms with Crippen LogP contribution in [0.2, 0.25) is 0 Å². The number of aryl methyl sites for hydroxylation is 1. The number of nitrogens with zero attached hydrogens (tertiary/aromatic N) is 4. The minimum atomic E-state index is -1.15. The van der Waals surface area contributed by atoms with Gasteiger partial charge in [-0.1, -0.05) is 53.7 Å². The Kier molecular flexibility index (Phi) is 12.6. The molecule has 4 aliphatic heterocycles. The number of aromatic hydroxyl groups is 1. The summed E-state index contributed by atoms with van der Waals surface area (Å²) in [5.74, 6) is -2.21. The van der Waals surface area contributed by atoms with Gasteiger partial charge in [-0.3, -0.25) is 34.0 Å². The number of amides is 4. The molecule has 5 atom stereocenters. The van der Waals surface area contributed by atoms with Gasteiger partial charge in [-0.25, -0.2) is 5.43 Å². The standard InChI is InChI=1S/C49H62N8O7/c1-8-55-40-14-13-30-23-34(40)35(43(55)33-11-9-16-50-41(33)27(2)3)24-49(6,7)26-64-48(63)37-12-10-17-57(54-37)47(62)38(21-29-19-31(30)22-32(58)20-29)53-45(60)42(28(4)5)56-18-15-36(46(56)61)52-44(59)39-25-51-39/h9,11,13-14,16,19-20,22-23,27-28,36-39,42,51,54,58H,8,10,12,15,17-18,21,24-26H2,1-7H3,(H,52,59)(H,53,60)/t36-,37+,38+,39+,42+/m1/s1. The number of rotatable bonds is 9. The molecule has 6 bridgehead atoms. The zero-order valence-electron chi connectivity index (χ0n) is 38.0. The molecule has 0 aliphatic carbocycles. The van der Waals surface area contributed by atoms with E-state index in [-0.39, 0.29) is 61.6 Å². The van der Waals surface area contributed by atoms with Gasteiger partial charge in [-0.05, 0) is 103 Å². The van der Waals surface area contributed by atoms with E-state index in [0.717, 1.165) is 44.5 Å². The molecule has 0 spiro atoms. The zero-order valence-corrected chi connectivity index (χ0v) is 38.0. The van der Waals surface area contributed by atoms with Crippen LogP contribution in [0.3, 0.4) is 0 Å². The lowest BCUT2D eigenvalue weighted by Gasteiger charge is -2.36. The van der Waals surface area contributed by atoms with E-state index in [1.165, 1.54) is 9.91 Å². The average Bonchev–Trinajstić information content (AvgIpc) is 4.01. The van der Waals surface area contributed by atoms with Crippen LogP contribution in [-0.2, 0) is 48.1 Å². The number of hydrogen-bond acceptors (Lipinski definition) is 10. The molecule has 64 heavy (non-hydrogen) atoms. The molecule has 0 radical (unpaired) electrons. The van der Waals surface area contributed by atoms with Crippen molar-refractivity contribution in [1.29, 1.82) is 0 Å². The van der Waals surface area contributed by atoms with Crippen molar-refractivity contribution >= 4 is 40.5 Å². The van der Waals surface area contributed by atoms with Gasteiger partial charge in [-0.2, -0.15) is 0 Å². The molecule has 3 fully saturated rings. The number of hydrazine groups is 1. The van der Waals surface area contributed by atoms with Crippen molar-refractivity contribution in [1.82, 2.24) is 40.8 Å². The number of nitrogens with one attached hydrogen (secondary N) is 4. The topological polar surface area (TPSA) is 197 Å². The third-order valence-electron chi connectivity index (χ3n) is 13.0. The van der Waals surface area contributed by atoms with Gasteiger partial charge >= 0.3 is 5.97 Å². The molecular weight excluding hydrogens is 813 g/mol. The van der Waals surface area contributed by atoms with E-state index in [2.05, 4.69) is 78.8 Å². The van der Waals surface area contributed by atoms with Crippen molar-refractivity contribution in [3.8, 4) is 28.1 Å². The molecule has 2 aromatic carbocycles. The Morgan fingerprint density at radius 1 is 0.969 bits per heavy atom. The fourth-order valence-corrected chi connectivity index (χ4v) is 9.78. The normalized spacial score (nSPS) is 23.0. The van der Waals surface area contributed by atoms with E-state index >= 15 is 0 Å². The van der Waals surface area contributed by atoms with E-state index in [1.54, 1.807) is 12.1 Å². The average molecular weight is 875 g/mol. The van der Waals surface area contributed by atoms with Crippen LogP contribution in [0.4, 0.5) is 0 Å². The number of aromatic nitrogens is 2. The second-order valence-corrected chi connectivity index (χ2v) is 19.3. The number of esters is 1. The first kappa shape index (κ1) is 44.8. The van der Waals surface area contributed by atoms with Crippen LogP contribution in [0.1, 0.15) is 90.5 Å². The Hall–Kier alpha value is -5.80. The third-order valence-corrected chi connectivity index (χ3v) is 13.0. The van der Waals surface area contributed by atoms with E-state index < -0.39 is 47.4 Å². The molecule has 4 aromatic rings. The highest BCUT2D eigenvalue weighted by atomic mass is 16.5. The highest BCUT2D eigenvalue weighted by Crippen LogP contribution is 2.42. The van der Waals surface area contributed by atoms with Crippen molar-refractivity contribution < 1.29 is 33.8 Å². The van der Waals surface area contributed by atoms with Gasteiger partial charge in [0.15, 0.2) is 0 Å². The molecule has 0 unspecified atom stereocenters. The second kappa shape index (κ2) is 18.0. The third kappa shape index (κ3) is 9.10. The second-order valence-electron chi connectivity index (χ2n) is 19.3. The number of pyridine rings is 1. The summed E-state index contributed by atoms with van der Waals surface area (Å²) in [6.45, 7) is 16.2. The molecule has 4 amide bonds. The molecule has 2 aromatic heterocycles. The number of fused-ring (bicyclic) bond motifs is 6. The minimum Gasteiger partial charge on any atom is -0.508 e. The largest absolute Gasteiger partial charge is 0.508 e. The summed E-state index contributed by atoms with van der Waals surface area (Å²) in [7, 11) is 0. The summed E-state index contributed by atoms with van der Waals surface area (Å²) in [5.41, 5.74) is 10.1. The molecule has 340 valence electrons. The number of hydrogen-bond donors (Lipinski definition) is 5. The fraction of sp³-hybridized carbons (Fsp3) is 0.510. The number of carbonyl (C=O) groups excluding carboxylic acids is 5. The number of likely N-dealkylation sites (tertiary alicyclic amines) is 1. The minimum absolute atomic E-state index is 0.000694. The smallest absolute Gasteiger partial charge is 0.324 e. The summed E-state index contributed by atoms with van der Waals surface area (Å²) in [6, 6.07) is 11.7. The maximum Gasteiger partial charge on any atom is 0.324 e. The summed E-state index contributed by atoms with van der Waals surface area (Å²) in [5, 5.41) is 22.5. The van der Waals surface area contributed by atoms with Gasteiger partial charge in [0.2, 0.25) is 17.7 Å². The lowest BCUT2D eigenvalue weighted by atomic mass is 9.83. The summed E-state index contributed by atoms with van der Waals surface area (Å²) in [4.78, 5) is 75.6. The van der Waals surface area contributed by atoms with Crippen molar-refractivity contribution in [2.75, 3.05) is 26.2 Å². The van der Waals surface area contributed by atoms with Crippen molar-refractivity contribution in [3.63, 3.8) is 0 Å². The highest BCUT2D eigenvalue weighted by Gasteiger charge is 2.44. The first-order chi connectivity index (χ1) is 30.5. The molecule has 4 aliphatic rings. The number of ether oxygens (including phenoxy) is 1. The van der Waals surface area contributed by atoms with Gasteiger partial charge in [0, 0.05) is 60.7 Å². The Morgan fingerprint density at radius 3 is 2.47 bits per heavy atom. The lowest BCUT2D eigenvalue weighted by molar-refractivity contribution is -0.155. The number of cyclic esters (lactones) is 1. The summed E-state index contributed by atoms with van der Waals surface area (Å²) >= 11 is 0. The maximum absolute atomic E-state index is 14.7. The molecule has 15 heteroatoms. The van der Waals surface area contributed by atoms with Crippen molar-refractivity contribution in [3.05, 3.63) is 71.5 Å². The number of phenols is 1. The predicted molar refractivity (Wildman–Crippen MR) is 243 cm³/mol. The summed E-state index contributed by atoms with van der Waals surface area (Å²) in [6.07, 6.45) is 3.74. The molecule has 3 saturated heterocycles. The van der Waals surface area contributed by atoms with Crippen LogP contribution in [0.25, 0.3) is 33.3 Å². The van der Waals surface area contributed by atoms with Gasteiger partial charge in [-0.15, -0.1) is 0 Å². The van der Waals surface area contributed by atoms with Gasteiger partial charge in [0.25, 0.3) is 5.91 Å². The van der Waals surface area contributed by atoms with Gasteiger partial charge in [0.1, 0.15) is 29.9 Å². The Balaban J connectivity index is 1.20. The molecule has 6 heterocycles. The first-order valence-electron chi connectivity index (χ1n) is 22.9. The molecular formula is C49H62N8O7. The Labute approximate surface area is 374 Å². The zero-order chi connectivity index (χ0) is 45.6. The highest BCUT2D eigenvalue weighted by molar-refractivity contribution is 5.97. The number of phenolic OH excluding ortho intramolecular Hbond substituents is 1. The lowest BCUT2D eigenvalue weighted by Crippen LogP contribution is -2.62. The van der Waals surface area contributed by atoms with Crippen LogP contribution in [-0.4, -0.2) is 111 Å². The molecule has 5 N–H and O–H groups in total. The van der Waals surface area contributed by atoms with Crippen LogP contribution in [0, 0.1) is 11.3 Å². The Bertz CT molecular complexity index is 2470. The predicted octanol–water partition coefficient (Wildman–Crippen LogP) is 4.58. The van der Waals surface area contributed by atoms with Crippen LogP contribution < -0.4 is 21.4 Å². The van der Waals surface area contributed by atoms with E-state index in [9.17, 15) is 29.1 Å². The van der Waals surface area contributed by atoms with E-state index in [0.29, 0.717) is 44.3 Å². The van der Waals surface area contributed by atoms with Gasteiger partial charge < -0.3 is 35.3 Å². The molecule has 8 rings (SSSR count). The van der Waals surface area contributed by atoms with Crippen molar-refractivity contribution in [2.24, 2.45) is 11.3 Å². The molecule has 15 nitrogen and oxygen atoms in total. The summed E-state index contributed by atoms with van der Waals surface area (Å²) < 4.78 is 8.43. The number of carbonyl (C=O) groups is 5.